The minimum Gasteiger partial charge on any atom is -0.398 e. The van der Waals surface area contributed by atoms with Crippen LogP contribution >= 0.6 is 11.8 Å². The molecule has 0 aliphatic heterocycles. The Morgan fingerprint density at radius 1 is 1.24 bits per heavy atom. The van der Waals surface area contributed by atoms with E-state index in [1.54, 1.807) is 12.1 Å². The monoisotopic (exact) mass is 247 g/mol. The summed E-state index contributed by atoms with van der Waals surface area (Å²) in [5.74, 6) is 0. The van der Waals surface area contributed by atoms with Crippen LogP contribution in [0.1, 0.15) is 0 Å². The van der Waals surface area contributed by atoms with Gasteiger partial charge in [0.2, 0.25) is 0 Å². The van der Waals surface area contributed by atoms with Crippen LogP contribution in [0.25, 0.3) is 0 Å². The smallest absolute Gasteiger partial charge is 0.301 e. The second-order valence-electron chi connectivity index (χ2n) is 3.22. The lowest BCUT2D eigenvalue weighted by molar-refractivity contribution is -0.388. The second-order valence-corrected chi connectivity index (χ2v) is 4.26. The highest BCUT2D eigenvalue weighted by atomic mass is 32.2. The third-order valence-corrected chi connectivity index (χ3v) is 3.17. The SMILES string of the molecule is Nc1ccccc1Sc1ncccc1[N+](=O)[O-]. The molecule has 0 aliphatic rings. The van der Waals surface area contributed by atoms with E-state index in [4.69, 9.17) is 5.73 Å². The number of hydrogen-bond acceptors (Lipinski definition) is 5. The molecule has 0 amide bonds. The third kappa shape index (κ3) is 2.54. The number of nitrogens with zero attached hydrogens (tertiary/aromatic N) is 2. The summed E-state index contributed by atoms with van der Waals surface area (Å²) in [6.07, 6.45) is 1.52. The van der Waals surface area contributed by atoms with E-state index >= 15 is 0 Å². The van der Waals surface area contributed by atoms with Gasteiger partial charge in [-0.15, -0.1) is 0 Å². The van der Waals surface area contributed by atoms with E-state index in [-0.39, 0.29) is 5.69 Å². The van der Waals surface area contributed by atoms with E-state index < -0.39 is 4.92 Å². The summed E-state index contributed by atoms with van der Waals surface area (Å²) in [4.78, 5) is 15.1. The molecular weight excluding hydrogens is 238 g/mol. The molecule has 1 heterocycles. The van der Waals surface area contributed by atoms with Gasteiger partial charge in [-0.25, -0.2) is 4.98 Å². The van der Waals surface area contributed by atoms with Gasteiger partial charge in [0.1, 0.15) is 0 Å². The third-order valence-electron chi connectivity index (χ3n) is 2.07. The molecule has 0 aliphatic carbocycles. The number of aromatic nitrogens is 1. The van der Waals surface area contributed by atoms with Crippen LogP contribution in [0.4, 0.5) is 11.4 Å². The van der Waals surface area contributed by atoms with E-state index in [9.17, 15) is 10.1 Å². The van der Waals surface area contributed by atoms with Crippen LogP contribution in [-0.2, 0) is 0 Å². The highest BCUT2D eigenvalue weighted by molar-refractivity contribution is 7.99. The quantitative estimate of drug-likeness (QED) is 0.512. The first kappa shape index (κ1) is 11.4. The molecule has 2 N–H and O–H groups in total. The Morgan fingerprint density at radius 3 is 2.71 bits per heavy atom. The number of hydrogen-bond donors (Lipinski definition) is 1. The van der Waals surface area contributed by atoms with Crippen LogP contribution in [0.3, 0.4) is 0 Å². The zero-order chi connectivity index (χ0) is 12.3. The molecule has 17 heavy (non-hydrogen) atoms. The number of rotatable bonds is 3. The molecule has 0 radical (unpaired) electrons. The zero-order valence-corrected chi connectivity index (χ0v) is 9.55. The van der Waals surface area contributed by atoms with Crippen LogP contribution in [-0.4, -0.2) is 9.91 Å². The van der Waals surface area contributed by atoms with E-state index in [0.29, 0.717) is 10.7 Å². The van der Waals surface area contributed by atoms with Crippen molar-refractivity contribution in [1.29, 1.82) is 0 Å². The average molecular weight is 247 g/mol. The molecule has 0 saturated carbocycles. The first-order valence-corrected chi connectivity index (χ1v) is 5.62. The average Bonchev–Trinajstić information content (AvgIpc) is 2.32. The van der Waals surface area contributed by atoms with Gasteiger partial charge in [0, 0.05) is 22.8 Å². The molecule has 2 aromatic rings. The van der Waals surface area contributed by atoms with Gasteiger partial charge in [-0.2, -0.15) is 0 Å². The normalized spacial score (nSPS) is 10.1. The van der Waals surface area contributed by atoms with Crippen LogP contribution in [0, 0.1) is 10.1 Å². The fourth-order valence-electron chi connectivity index (χ4n) is 1.28. The molecule has 2 rings (SSSR count). The van der Waals surface area contributed by atoms with Crippen molar-refractivity contribution in [2.75, 3.05) is 5.73 Å². The summed E-state index contributed by atoms with van der Waals surface area (Å²) in [5, 5.41) is 11.2. The predicted octanol–water partition coefficient (Wildman–Crippen LogP) is 2.72. The highest BCUT2D eigenvalue weighted by Crippen LogP contribution is 2.35. The lowest BCUT2D eigenvalue weighted by Gasteiger charge is -2.04. The summed E-state index contributed by atoms with van der Waals surface area (Å²) in [5.41, 5.74) is 6.34. The Hall–Kier alpha value is -2.08. The summed E-state index contributed by atoms with van der Waals surface area (Å²) in [7, 11) is 0. The van der Waals surface area contributed by atoms with Crippen LogP contribution in [0.15, 0.2) is 52.5 Å². The second kappa shape index (κ2) is 4.84. The molecule has 0 spiro atoms. The molecule has 0 bridgehead atoms. The molecule has 0 atom stereocenters. The lowest BCUT2D eigenvalue weighted by atomic mass is 10.3. The largest absolute Gasteiger partial charge is 0.398 e. The van der Waals surface area contributed by atoms with Crippen molar-refractivity contribution < 1.29 is 4.92 Å². The van der Waals surface area contributed by atoms with Crippen molar-refractivity contribution in [2.45, 2.75) is 9.92 Å². The van der Waals surface area contributed by atoms with Crippen molar-refractivity contribution in [1.82, 2.24) is 4.98 Å². The van der Waals surface area contributed by atoms with Crippen molar-refractivity contribution in [3.05, 3.63) is 52.7 Å². The van der Waals surface area contributed by atoms with E-state index in [2.05, 4.69) is 4.98 Å². The Morgan fingerprint density at radius 2 is 2.00 bits per heavy atom. The van der Waals surface area contributed by atoms with Gasteiger partial charge in [0.15, 0.2) is 5.03 Å². The molecule has 6 heteroatoms. The number of benzene rings is 1. The van der Waals surface area contributed by atoms with Gasteiger partial charge >= 0.3 is 5.69 Å². The first-order chi connectivity index (χ1) is 8.18. The minimum atomic E-state index is -0.450. The lowest BCUT2D eigenvalue weighted by Crippen LogP contribution is -1.93. The number of nitro groups is 1. The summed E-state index contributed by atoms with van der Waals surface area (Å²) >= 11 is 1.19. The fourth-order valence-corrected chi connectivity index (χ4v) is 2.18. The number of pyridine rings is 1. The van der Waals surface area contributed by atoms with Crippen LogP contribution in [0.2, 0.25) is 0 Å². The zero-order valence-electron chi connectivity index (χ0n) is 8.74. The molecule has 86 valence electrons. The van der Waals surface area contributed by atoms with Gasteiger partial charge in [-0.1, -0.05) is 23.9 Å². The molecule has 0 unspecified atom stereocenters. The standard InChI is InChI=1S/C11H9N3O2S/c12-8-4-1-2-6-10(8)17-11-9(14(15)16)5-3-7-13-11/h1-7H,12H2. The van der Waals surface area contributed by atoms with Gasteiger partial charge in [0.05, 0.1) is 4.92 Å². The summed E-state index contributed by atoms with van der Waals surface area (Å²) in [6.45, 7) is 0. The fraction of sp³-hybridized carbons (Fsp3) is 0. The molecule has 0 fully saturated rings. The van der Waals surface area contributed by atoms with E-state index in [0.717, 1.165) is 4.90 Å². The maximum atomic E-state index is 10.8. The van der Waals surface area contributed by atoms with Gasteiger partial charge in [0.25, 0.3) is 0 Å². The van der Waals surface area contributed by atoms with Crippen molar-refractivity contribution in [3.63, 3.8) is 0 Å². The van der Waals surface area contributed by atoms with Crippen LogP contribution < -0.4 is 5.73 Å². The first-order valence-electron chi connectivity index (χ1n) is 4.80. The maximum Gasteiger partial charge on any atom is 0.301 e. The van der Waals surface area contributed by atoms with Crippen LogP contribution in [0.5, 0.6) is 0 Å². The predicted molar refractivity (Wildman–Crippen MR) is 65.9 cm³/mol. The van der Waals surface area contributed by atoms with Gasteiger partial charge in [-0.3, -0.25) is 10.1 Å². The molecular formula is C11H9N3O2S. The Balaban J connectivity index is 2.37. The maximum absolute atomic E-state index is 10.8. The van der Waals surface area contributed by atoms with Crippen molar-refractivity contribution in [3.8, 4) is 0 Å². The molecule has 5 nitrogen and oxygen atoms in total. The Labute approximate surface area is 102 Å². The molecule has 1 aromatic carbocycles. The minimum absolute atomic E-state index is 0.0132. The highest BCUT2D eigenvalue weighted by Gasteiger charge is 2.15. The van der Waals surface area contributed by atoms with E-state index in [1.807, 2.05) is 12.1 Å². The summed E-state index contributed by atoms with van der Waals surface area (Å²) in [6, 6.07) is 10.2. The molecule has 1 aromatic heterocycles. The molecule has 0 saturated heterocycles. The van der Waals surface area contributed by atoms with E-state index in [1.165, 1.54) is 30.1 Å². The van der Waals surface area contributed by atoms with Gasteiger partial charge in [-0.05, 0) is 18.2 Å². The van der Waals surface area contributed by atoms with Crippen molar-refractivity contribution in [2.24, 2.45) is 0 Å². The topological polar surface area (TPSA) is 82.0 Å². The van der Waals surface area contributed by atoms with Gasteiger partial charge < -0.3 is 5.73 Å². The number of para-hydroxylation sites is 1. The number of nitrogens with two attached hydrogens (primary N) is 1. The summed E-state index contributed by atoms with van der Waals surface area (Å²) < 4.78 is 0. The Kier molecular flexibility index (Phi) is 3.24. The Bertz CT molecular complexity index is 560. The number of anilines is 1. The number of nitrogen functional groups attached to an aromatic ring is 1. The van der Waals surface area contributed by atoms with Crippen molar-refractivity contribution >= 4 is 23.1 Å².